The normalized spacial score (nSPS) is 12.2. The predicted octanol–water partition coefficient (Wildman–Crippen LogP) is 0.903. The van der Waals surface area contributed by atoms with Crippen LogP contribution in [0.15, 0.2) is 51.8 Å². The van der Waals surface area contributed by atoms with Gasteiger partial charge in [0.05, 0.1) is 16.5 Å². The van der Waals surface area contributed by atoms with Gasteiger partial charge >= 0.3 is 5.69 Å². The number of carbonyl (C=O) groups excluding carboxylic acids is 1. The number of allylic oxidation sites excluding steroid dienone is 1. The van der Waals surface area contributed by atoms with Crippen molar-refractivity contribution in [2.45, 2.75) is 13.1 Å². The van der Waals surface area contributed by atoms with E-state index in [2.05, 4.69) is 16.6 Å². The molecule has 0 N–H and O–H groups in total. The van der Waals surface area contributed by atoms with Crippen molar-refractivity contribution in [3.05, 3.63) is 68.6 Å². The number of amides is 1. The lowest BCUT2D eigenvalue weighted by atomic mass is 10.3. The molecule has 0 aliphatic carbocycles. The second-order valence-corrected chi connectivity index (χ2v) is 7.64. The number of benzene rings is 1. The number of aromatic nitrogens is 5. The fourth-order valence-electron chi connectivity index (χ4n) is 3.28. The van der Waals surface area contributed by atoms with Gasteiger partial charge in [0.1, 0.15) is 12.4 Å². The van der Waals surface area contributed by atoms with Crippen LogP contribution in [0.25, 0.3) is 21.4 Å². The van der Waals surface area contributed by atoms with Crippen LogP contribution in [0.4, 0.5) is 4.39 Å². The van der Waals surface area contributed by atoms with Gasteiger partial charge in [0, 0.05) is 20.6 Å². The van der Waals surface area contributed by atoms with Gasteiger partial charge in [0.25, 0.3) is 11.5 Å². The molecule has 0 aliphatic rings. The van der Waals surface area contributed by atoms with Gasteiger partial charge in [-0.1, -0.05) is 23.5 Å². The second kappa shape index (κ2) is 7.34. The molecular formula is C19H17FN6O3S. The first kappa shape index (κ1) is 19.7. The van der Waals surface area contributed by atoms with Crippen LogP contribution in [0, 0.1) is 5.82 Å². The lowest BCUT2D eigenvalue weighted by molar-refractivity contribution is -0.118. The summed E-state index contributed by atoms with van der Waals surface area (Å²) in [5.74, 6) is -0.959. The van der Waals surface area contributed by atoms with E-state index in [4.69, 9.17) is 0 Å². The molecule has 0 saturated heterocycles. The third-order valence-corrected chi connectivity index (χ3v) is 5.75. The molecule has 1 aromatic carbocycles. The molecule has 0 bridgehead atoms. The summed E-state index contributed by atoms with van der Waals surface area (Å²) >= 11 is 1.18. The van der Waals surface area contributed by atoms with E-state index in [1.54, 1.807) is 22.8 Å². The molecular weight excluding hydrogens is 411 g/mol. The van der Waals surface area contributed by atoms with Crippen molar-refractivity contribution >= 4 is 38.6 Å². The van der Waals surface area contributed by atoms with Gasteiger partial charge in [-0.05, 0) is 12.1 Å². The molecule has 1 amide bonds. The van der Waals surface area contributed by atoms with Gasteiger partial charge < -0.3 is 9.13 Å². The number of thiazole rings is 1. The molecule has 4 rings (SSSR count). The highest BCUT2D eigenvalue weighted by molar-refractivity contribution is 7.16. The fourth-order valence-corrected chi connectivity index (χ4v) is 4.35. The second-order valence-electron chi connectivity index (χ2n) is 6.63. The Bertz CT molecular complexity index is 1520. The molecule has 11 heteroatoms. The third kappa shape index (κ3) is 3.03. The van der Waals surface area contributed by atoms with Gasteiger partial charge in [-0.15, -0.1) is 6.58 Å². The average molecular weight is 428 g/mol. The highest BCUT2D eigenvalue weighted by Gasteiger charge is 2.16. The van der Waals surface area contributed by atoms with Crippen molar-refractivity contribution in [1.29, 1.82) is 0 Å². The molecule has 0 saturated carbocycles. The molecule has 0 atom stereocenters. The number of fused-ring (bicyclic) bond motifs is 2. The Morgan fingerprint density at radius 3 is 2.77 bits per heavy atom. The molecule has 0 aliphatic heterocycles. The van der Waals surface area contributed by atoms with Crippen LogP contribution in [0.2, 0.25) is 0 Å². The van der Waals surface area contributed by atoms with Crippen molar-refractivity contribution in [2.24, 2.45) is 19.1 Å². The SMILES string of the molecule is C=CCn1c(=NC(=O)Cn2cnc3c2c(=O)n(C)c(=O)n3C)sc2cccc(F)c21. The zero-order valence-corrected chi connectivity index (χ0v) is 17.0. The Morgan fingerprint density at radius 1 is 1.27 bits per heavy atom. The van der Waals surface area contributed by atoms with Crippen molar-refractivity contribution in [3.63, 3.8) is 0 Å². The molecule has 3 aromatic heterocycles. The van der Waals surface area contributed by atoms with E-state index in [1.807, 2.05) is 0 Å². The van der Waals surface area contributed by atoms with E-state index >= 15 is 0 Å². The zero-order valence-electron chi connectivity index (χ0n) is 16.2. The Morgan fingerprint density at radius 2 is 2.03 bits per heavy atom. The first-order chi connectivity index (χ1) is 14.3. The number of rotatable bonds is 4. The van der Waals surface area contributed by atoms with Crippen LogP contribution < -0.4 is 16.1 Å². The maximum atomic E-state index is 14.3. The third-order valence-electron chi connectivity index (χ3n) is 4.71. The summed E-state index contributed by atoms with van der Waals surface area (Å²) < 4.78 is 20.1. The van der Waals surface area contributed by atoms with Crippen molar-refractivity contribution in [2.75, 3.05) is 0 Å². The monoisotopic (exact) mass is 428 g/mol. The molecule has 9 nitrogen and oxygen atoms in total. The first-order valence-electron chi connectivity index (χ1n) is 8.90. The summed E-state index contributed by atoms with van der Waals surface area (Å²) in [7, 11) is 2.86. The molecule has 0 spiro atoms. The Balaban J connectivity index is 1.81. The molecule has 0 unspecified atom stereocenters. The number of hydrogen-bond donors (Lipinski definition) is 0. The van der Waals surface area contributed by atoms with Crippen LogP contribution in [0.1, 0.15) is 0 Å². The summed E-state index contributed by atoms with van der Waals surface area (Å²) in [5.41, 5.74) is -0.396. The number of hydrogen-bond acceptors (Lipinski definition) is 5. The minimum Gasteiger partial charge on any atom is -0.315 e. The molecule has 0 fully saturated rings. The maximum absolute atomic E-state index is 14.3. The highest BCUT2D eigenvalue weighted by atomic mass is 32.1. The Labute approximate surface area is 172 Å². The van der Waals surface area contributed by atoms with Crippen molar-refractivity contribution < 1.29 is 9.18 Å². The summed E-state index contributed by atoms with van der Waals surface area (Å²) in [6, 6.07) is 4.69. The maximum Gasteiger partial charge on any atom is 0.332 e. The van der Waals surface area contributed by atoms with E-state index in [1.165, 1.54) is 47.0 Å². The predicted molar refractivity (Wildman–Crippen MR) is 111 cm³/mol. The lowest BCUT2D eigenvalue weighted by Crippen LogP contribution is -2.37. The number of nitrogens with zero attached hydrogens (tertiary/aromatic N) is 6. The van der Waals surface area contributed by atoms with E-state index in [9.17, 15) is 18.8 Å². The Kier molecular flexibility index (Phi) is 4.82. The van der Waals surface area contributed by atoms with E-state index < -0.39 is 23.0 Å². The van der Waals surface area contributed by atoms with Crippen LogP contribution >= 0.6 is 11.3 Å². The van der Waals surface area contributed by atoms with Crippen molar-refractivity contribution in [3.8, 4) is 0 Å². The van der Waals surface area contributed by atoms with E-state index in [0.29, 0.717) is 15.0 Å². The van der Waals surface area contributed by atoms with Gasteiger partial charge in [0.15, 0.2) is 16.0 Å². The van der Waals surface area contributed by atoms with Gasteiger partial charge in [-0.2, -0.15) is 4.99 Å². The minimum absolute atomic E-state index is 0.129. The van der Waals surface area contributed by atoms with E-state index in [-0.39, 0.29) is 24.3 Å². The number of halogens is 1. The van der Waals surface area contributed by atoms with Gasteiger partial charge in [-0.3, -0.25) is 18.7 Å². The zero-order chi connectivity index (χ0) is 21.6. The van der Waals surface area contributed by atoms with Crippen LogP contribution in [0.5, 0.6) is 0 Å². The number of aryl methyl sites for hydroxylation is 1. The quantitative estimate of drug-likeness (QED) is 0.451. The number of imidazole rings is 1. The van der Waals surface area contributed by atoms with Crippen LogP contribution in [-0.4, -0.2) is 29.2 Å². The van der Waals surface area contributed by atoms with Crippen LogP contribution in [-0.2, 0) is 32.0 Å². The smallest absolute Gasteiger partial charge is 0.315 e. The standard InChI is InChI=1S/C19H17FN6O3S/c1-4-8-26-14-11(20)6-5-7-12(14)30-18(26)22-13(27)9-25-10-21-16-15(25)17(28)24(3)19(29)23(16)2/h4-7,10H,1,8-9H2,2-3H3. The van der Waals surface area contributed by atoms with E-state index in [0.717, 1.165) is 4.57 Å². The minimum atomic E-state index is -0.552. The largest absolute Gasteiger partial charge is 0.332 e. The van der Waals surface area contributed by atoms with Gasteiger partial charge in [0.2, 0.25) is 0 Å². The number of para-hydroxylation sites is 1. The fraction of sp³-hybridized carbons (Fsp3) is 0.211. The summed E-state index contributed by atoms with van der Waals surface area (Å²) in [4.78, 5) is 45.8. The number of carbonyl (C=O) groups is 1. The summed E-state index contributed by atoms with van der Waals surface area (Å²) in [6.45, 7) is 3.70. The molecule has 3 heterocycles. The van der Waals surface area contributed by atoms with Crippen molar-refractivity contribution in [1.82, 2.24) is 23.3 Å². The summed E-state index contributed by atoms with van der Waals surface area (Å²) in [5, 5.41) is 0. The lowest BCUT2D eigenvalue weighted by Gasteiger charge is -2.05. The van der Waals surface area contributed by atoms with Crippen LogP contribution in [0.3, 0.4) is 0 Å². The highest BCUT2D eigenvalue weighted by Crippen LogP contribution is 2.20. The molecule has 154 valence electrons. The summed E-state index contributed by atoms with van der Waals surface area (Å²) in [6.07, 6.45) is 2.91. The molecule has 30 heavy (non-hydrogen) atoms. The topological polar surface area (TPSA) is 96.2 Å². The first-order valence-corrected chi connectivity index (χ1v) is 9.72. The molecule has 0 radical (unpaired) electrons. The average Bonchev–Trinajstić information content (AvgIpc) is 3.27. The van der Waals surface area contributed by atoms with Gasteiger partial charge in [-0.25, -0.2) is 14.2 Å². The Hall–Kier alpha value is -3.60. The molecule has 4 aromatic rings.